The molecular weight excluding hydrogens is 282 g/mol. The second kappa shape index (κ2) is 6.38. The van der Waals surface area contributed by atoms with Gasteiger partial charge in [0.1, 0.15) is 5.75 Å². The zero-order valence-electron chi connectivity index (χ0n) is 10.6. The molecule has 0 aliphatic carbocycles. The van der Waals surface area contributed by atoms with Crippen LogP contribution in [0, 0.1) is 0 Å². The molecule has 17 heavy (non-hydrogen) atoms. The van der Waals surface area contributed by atoms with Gasteiger partial charge in [0.2, 0.25) is 0 Å². The summed E-state index contributed by atoms with van der Waals surface area (Å²) in [4.78, 5) is 0. The first-order chi connectivity index (χ1) is 8.01. The van der Waals surface area contributed by atoms with Gasteiger partial charge in [-0.15, -0.1) is 0 Å². The van der Waals surface area contributed by atoms with Gasteiger partial charge < -0.3 is 15.2 Å². The summed E-state index contributed by atoms with van der Waals surface area (Å²) in [6, 6.07) is 6.02. The Labute approximate surface area is 111 Å². The number of ether oxygens (including phenoxy) is 1. The number of aliphatic hydroxyl groups is 1. The molecule has 4 heteroatoms. The Hall–Kier alpha value is -0.580. The molecule has 2 N–H and O–H groups in total. The topological polar surface area (TPSA) is 41.5 Å². The van der Waals surface area contributed by atoms with Gasteiger partial charge in [-0.1, -0.05) is 29.8 Å². The van der Waals surface area contributed by atoms with Crippen LogP contribution >= 0.6 is 15.9 Å². The summed E-state index contributed by atoms with van der Waals surface area (Å²) in [7, 11) is 1.68. The number of halogens is 1. The molecule has 0 amide bonds. The van der Waals surface area contributed by atoms with E-state index in [1.54, 1.807) is 7.11 Å². The molecule has 0 heterocycles. The van der Waals surface area contributed by atoms with Crippen molar-refractivity contribution in [3.8, 4) is 5.75 Å². The molecule has 0 spiro atoms. The zero-order valence-corrected chi connectivity index (χ0v) is 12.2. The van der Waals surface area contributed by atoms with E-state index in [0.717, 1.165) is 22.3 Å². The molecule has 0 aliphatic rings. The van der Waals surface area contributed by atoms with Crippen molar-refractivity contribution in [1.82, 2.24) is 5.32 Å². The first kappa shape index (κ1) is 14.5. The van der Waals surface area contributed by atoms with Crippen LogP contribution < -0.4 is 10.1 Å². The van der Waals surface area contributed by atoms with Crippen molar-refractivity contribution >= 4 is 15.9 Å². The van der Waals surface area contributed by atoms with Crippen LogP contribution in [0.5, 0.6) is 5.75 Å². The minimum atomic E-state index is -0.0513. The summed E-state index contributed by atoms with van der Waals surface area (Å²) < 4.78 is 6.44. The number of aliphatic hydroxyl groups excluding tert-OH is 1. The van der Waals surface area contributed by atoms with E-state index in [4.69, 9.17) is 9.84 Å². The molecule has 96 valence electrons. The predicted molar refractivity (Wildman–Crippen MR) is 73.7 cm³/mol. The first-order valence-corrected chi connectivity index (χ1v) is 6.46. The molecule has 0 aromatic heterocycles. The second-order valence-electron chi connectivity index (χ2n) is 4.63. The van der Waals surface area contributed by atoms with Crippen LogP contribution in [0.15, 0.2) is 22.7 Å². The van der Waals surface area contributed by atoms with Crippen LogP contribution in [0.2, 0.25) is 0 Å². The van der Waals surface area contributed by atoms with Crippen molar-refractivity contribution in [2.75, 3.05) is 26.8 Å². The molecule has 0 atom stereocenters. The van der Waals surface area contributed by atoms with Crippen molar-refractivity contribution < 1.29 is 9.84 Å². The number of hydrogen-bond donors (Lipinski definition) is 2. The van der Waals surface area contributed by atoms with Gasteiger partial charge in [0.25, 0.3) is 0 Å². The van der Waals surface area contributed by atoms with Crippen LogP contribution in [-0.4, -0.2) is 31.9 Å². The Kier molecular flexibility index (Phi) is 5.43. The number of nitrogens with one attached hydrogen (secondary N) is 1. The van der Waals surface area contributed by atoms with Gasteiger partial charge in [0, 0.05) is 28.5 Å². The molecule has 3 nitrogen and oxygen atoms in total. The molecule has 0 unspecified atom stereocenters. The highest BCUT2D eigenvalue weighted by Crippen LogP contribution is 2.33. The lowest BCUT2D eigenvalue weighted by atomic mass is 9.84. The van der Waals surface area contributed by atoms with Crippen LogP contribution in [0.25, 0.3) is 0 Å². The van der Waals surface area contributed by atoms with Gasteiger partial charge in [0.15, 0.2) is 0 Å². The highest BCUT2D eigenvalue weighted by Gasteiger charge is 2.24. The van der Waals surface area contributed by atoms with Gasteiger partial charge in [-0.25, -0.2) is 0 Å². The maximum absolute atomic E-state index is 8.78. The first-order valence-electron chi connectivity index (χ1n) is 5.67. The Morgan fingerprint density at radius 3 is 2.71 bits per heavy atom. The van der Waals surface area contributed by atoms with E-state index < -0.39 is 0 Å². The third-order valence-electron chi connectivity index (χ3n) is 2.75. The summed E-state index contributed by atoms with van der Waals surface area (Å²) in [6.45, 7) is 5.87. The Morgan fingerprint density at radius 2 is 2.12 bits per heavy atom. The fraction of sp³-hybridized carbons (Fsp3) is 0.538. The van der Waals surface area contributed by atoms with Gasteiger partial charge in [-0.3, -0.25) is 0 Å². The van der Waals surface area contributed by atoms with Gasteiger partial charge >= 0.3 is 0 Å². The lowest BCUT2D eigenvalue weighted by Gasteiger charge is -2.27. The van der Waals surface area contributed by atoms with E-state index >= 15 is 0 Å². The average molecular weight is 302 g/mol. The molecule has 1 aromatic carbocycles. The highest BCUT2D eigenvalue weighted by molar-refractivity contribution is 9.10. The van der Waals surface area contributed by atoms with Crippen molar-refractivity contribution in [3.05, 3.63) is 28.2 Å². The van der Waals surface area contributed by atoms with E-state index in [0.29, 0.717) is 6.54 Å². The maximum atomic E-state index is 8.78. The molecule has 0 radical (unpaired) electrons. The van der Waals surface area contributed by atoms with Crippen LogP contribution in [0.1, 0.15) is 19.4 Å². The van der Waals surface area contributed by atoms with Crippen molar-refractivity contribution in [1.29, 1.82) is 0 Å². The van der Waals surface area contributed by atoms with Gasteiger partial charge in [-0.05, 0) is 18.2 Å². The number of benzene rings is 1. The smallest absolute Gasteiger partial charge is 0.122 e. The number of rotatable bonds is 6. The minimum Gasteiger partial charge on any atom is -0.496 e. The summed E-state index contributed by atoms with van der Waals surface area (Å²) >= 11 is 3.48. The van der Waals surface area contributed by atoms with Gasteiger partial charge in [0.05, 0.1) is 13.7 Å². The molecule has 0 saturated carbocycles. The Balaban J connectivity index is 2.91. The van der Waals surface area contributed by atoms with Crippen molar-refractivity contribution in [3.63, 3.8) is 0 Å². The van der Waals surface area contributed by atoms with Crippen LogP contribution in [0.4, 0.5) is 0 Å². The fourth-order valence-corrected chi connectivity index (χ4v) is 2.15. The average Bonchev–Trinajstić information content (AvgIpc) is 2.29. The molecule has 1 aromatic rings. The summed E-state index contributed by atoms with van der Waals surface area (Å²) in [5, 5.41) is 12.0. The zero-order chi connectivity index (χ0) is 12.9. The van der Waals surface area contributed by atoms with E-state index in [-0.39, 0.29) is 12.0 Å². The monoisotopic (exact) mass is 301 g/mol. The maximum Gasteiger partial charge on any atom is 0.122 e. The lowest BCUT2D eigenvalue weighted by molar-refractivity contribution is 0.286. The molecular formula is C13H20BrNO2. The standard InChI is InChI=1S/C13H20BrNO2/c1-13(2,9-15-6-7-16)11-8-10(14)4-5-12(11)17-3/h4-5,8,15-16H,6-7,9H2,1-3H3. The normalized spacial score (nSPS) is 11.6. The Bertz CT molecular complexity index is 366. The largest absolute Gasteiger partial charge is 0.496 e. The summed E-state index contributed by atoms with van der Waals surface area (Å²) in [6.07, 6.45) is 0. The quantitative estimate of drug-likeness (QED) is 0.792. The molecule has 0 aliphatic heterocycles. The SMILES string of the molecule is COc1ccc(Br)cc1C(C)(C)CNCCO. The number of hydrogen-bond acceptors (Lipinski definition) is 3. The third kappa shape index (κ3) is 3.98. The van der Waals surface area contributed by atoms with Crippen LogP contribution in [0.3, 0.4) is 0 Å². The van der Waals surface area contributed by atoms with Crippen molar-refractivity contribution in [2.45, 2.75) is 19.3 Å². The molecule has 0 fully saturated rings. The minimum absolute atomic E-state index is 0.0513. The number of methoxy groups -OCH3 is 1. The van der Waals surface area contributed by atoms with Crippen molar-refractivity contribution in [2.24, 2.45) is 0 Å². The molecule has 0 saturated heterocycles. The molecule has 1 rings (SSSR count). The highest BCUT2D eigenvalue weighted by atomic mass is 79.9. The predicted octanol–water partition coefficient (Wildman–Crippen LogP) is 2.32. The van der Waals surface area contributed by atoms with E-state index in [1.807, 2.05) is 12.1 Å². The fourth-order valence-electron chi connectivity index (χ4n) is 1.78. The Morgan fingerprint density at radius 1 is 1.41 bits per heavy atom. The summed E-state index contributed by atoms with van der Waals surface area (Å²) in [5.74, 6) is 0.893. The molecule has 0 bridgehead atoms. The third-order valence-corrected chi connectivity index (χ3v) is 3.24. The second-order valence-corrected chi connectivity index (χ2v) is 5.54. The van der Waals surface area contributed by atoms with Gasteiger partial charge in [-0.2, -0.15) is 0 Å². The summed E-state index contributed by atoms with van der Waals surface area (Å²) in [5.41, 5.74) is 1.10. The lowest BCUT2D eigenvalue weighted by Crippen LogP contribution is -2.34. The van der Waals surface area contributed by atoms with E-state index in [1.165, 1.54) is 0 Å². The van der Waals surface area contributed by atoms with E-state index in [9.17, 15) is 0 Å². The van der Waals surface area contributed by atoms with E-state index in [2.05, 4.69) is 41.2 Å². The van der Waals surface area contributed by atoms with Crippen LogP contribution in [-0.2, 0) is 5.41 Å².